The molecule has 1 N–H and O–H groups in total. The molecule has 1 nitrogen and oxygen atoms in total. The first-order valence-electron chi connectivity index (χ1n) is 6.81. The molecule has 1 aromatic carbocycles. The summed E-state index contributed by atoms with van der Waals surface area (Å²) in [5, 5.41) is 3.60. The molecule has 0 aliphatic rings. The van der Waals surface area contributed by atoms with Crippen molar-refractivity contribution in [1.82, 2.24) is 5.32 Å². The number of halogens is 1. The van der Waals surface area contributed by atoms with Gasteiger partial charge in [0.15, 0.2) is 0 Å². The topological polar surface area (TPSA) is 12.0 Å². The zero-order valence-corrected chi connectivity index (χ0v) is 14.4. The van der Waals surface area contributed by atoms with E-state index in [9.17, 15) is 0 Å². The van der Waals surface area contributed by atoms with Gasteiger partial charge in [-0.2, -0.15) is 0 Å². The van der Waals surface area contributed by atoms with Crippen LogP contribution >= 0.6 is 22.6 Å². The van der Waals surface area contributed by atoms with Gasteiger partial charge in [0.05, 0.1) is 0 Å². The van der Waals surface area contributed by atoms with Crippen LogP contribution in [0, 0.1) is 14.9 Å². The molecule has 0 heterocycles. The van der Waals surface area contributed by atoms with E-state index >= 15 is 0 Å². The lowest BCUT2D eigenvalue weighted by atomic mass is 9.74. The molecule has 0 saturated heterocycles. The molecule has 2 heteroatoms. The summed E-state index contributed by atoms with van der Waals surface area (Å²) in [6.45, 7) is 12.6. The van der Waals surface area contributed by atoms with Crippen LogP contribution in [0.1, 0.15) is 40.2 Å². The fourth-order valence-corrected chi connectivity index (χ4v) is 2.34. The van der Waals surface area contributed by atoms with Gasteiger partial charge in [0.1, 0.15) is 0 Å². The normalized spacial score (nSPS) is 15.1. The molecule has 1 aromatic rings. The quantitative estimate of drug-likeness (QED) is 0.738. The van der Waals surface area contributed by atoms with Crippen molar-refractivity contribution < 1.29 is 0 Å². The summed E-state index contributed by atoms with van der Waals surface area (Å²) >= 11 is 2.36. The van der Waals surface area contributed by atoms with Crippen molar-refractivity contribution in [3.63, 3.8) is 0 Å². The van der Waals surface area contributed by atoms with Gasteiger partial charge in [-0.05, 0) is 58.0 Å². The van der Waals surface area contributed by atoms with Crippen molar-refractivity contribution in [3.8, 4) is 0 Å². The van der Waals surface area contributed by atoms with E-state index < -0.39 is 0 Å². The smallest absolute Gasteiger partial charge is 0.0130 e. The Morgan fingerprint density at radius 3 is 2.11 bits per heavy atom. The van der Waals surface area contributed by atoms with Crippen molar-refractivity contribution in [3.05, 3.63) is 33.4 Å². The number of benzene rings is 1. The maximum absolute atomic E-state index is 3.60. The summed E-state index contributed by atoms with van der Waals surface area (Å²) in [4.78, 5) is 0. The van der Waals surface area contributed by atoms with Crippen molar-refractivity contribution >= 4 is 22.6 Å². The average molecular weight is 359 g/mol. The van der Waals surface area contributed by atoms with Crippen LogP contribution < -0.4 is 5.32 Å². The third kappa shape index (κ3) is 4.88. The summed E-state index contributed by atoms with van der Waals surface area (Å²) in [5.41, 5.74) is 1.76. The first-order chi connectivity index (χ1) is 8.33. The van der Waals surface area contributed by atoms with Crippen LogP contribution in [0.5, 0.6) is 0 Å². The van der Waals surface area contributed by atoms with Crippen LogP contribution in [0.15, 0.2) is 24.3 Å². The molecule has 0 amide bonds. The monoisotopic (exact) mass is 359 g/mol. The molecule has 0 spiro atoms. The highest BCUT2D eigenvalue weighted by atomic mass is 127. The maximum atomic E-state index is 3.60. The predicted molar refractivity (Wildman–Crippen MR) is 88.9 cm³/mol. The molecular weight excluding hydrogens is 333 g/mol. The summed E-state index contributed by atoms with van der Waals surface area (Å²) < 4.78 is 1.31. The lowest BCUT2D eigenvalue weighted by Gasteiger charge is -2.35. The number of rotatable bonds is 6. The summed E-state index contributed by atoms with van der Waals surface area (Å²) in [6.07, 6.45) is 1.14. The molecule has 102 valence electrons. The van der Waals surface area contributed by atoms with E-state index in [2.05, 4.69) is 86.8 Å². The molecular formula is C16H26IN. The standard InChI is InChI=1S/C16H26IN/c1-12(2)16(5,11-18-13(3)4)10-14-6-8-15(17)9-7-14/h6-9,12-13,18H,10-11H2,1-5H3. The zero-order chi connectivity index (χ0) is 13.8. The molecule has 1 rings (SSSR count). The molecule has 1 unspecified atom stereocenters. The summed E-state index contributed by atoms with van der Waals surface area (Å²) in [7, 11) is 0. The lowest BCUT2D eigenvalue weighted by Crippen LogP contribution is -2.40. The Bertz CT molecular complexity index is 356. The van der Waals surface area contributed by atoms with Gasteiger partial charge in [0.2, 0.25) is 0 Å². The third-order valence-corrected chi connectivity index (χ3v) is 4.55. The van der Waals surface area contributed by atoms with Crippen molar-refractivity contribution in [2.75, 3.05) is 6.54 Å². The van der Waals surface area contributed by atoms with Gasteiger partial charge in [-0.3, -0.25) is 0 Å². The highest BCUT2D eigenvalue weighted by Gasteiger charge is 2.28. The van der Waals surface area contributed by atoms with Crippen LogP contribution in [-0.4, -0.2) is 12.6 Å². The molecule has 0 aliphatic heterocycles. The SMILES string of the molecule is CC(C)NCC(C)(Cc1ccc(I)cc1)C(C)C. The van der Waals surface area contributed by atoms with E-state index in [0.29, 0.717) is 17.4 Å². The second-order valence-corrected chi connectivity index (χ2v) is 7.39. The second-order valence-electron chi connectivity index (χ2n) is 6.15. The van der Waals surface area contributed by atoms with Crippen LogP contribution in [0.25, 0.3) is 0 Å². The van der Waals surface area contributed by atoms with E-state index in [1.54, 1.807) is 0 Å². The average Bonchev–Trinajstić information content (AvgIpc) is 2.29. The molecule has 18 heavy (non-hydrogen) atoms. The van der Waals surface area contributed by atoms with Gasteiger partial charge in [-0.25, -0.2) is 0 Å². The van der Waals surface area contributed by atoms with E-state index in [-0.39, 0.29) is 0 Å². The minimum atomic E-state index is 0.317. The van der Waals surface area contributed by atoms with Crippen LogP contribution in [-0.2, 0) is 6.42 Å². The van der Waals surface area contributed by atoms with E-state index in [4.69, 9.17) is 0 Å². The molecule has 0 aliphatic carbocycles. The summed E-state index contributed by atoms with van der Waals surface area (Å²) in [6, 6.07) is 9.48. The Kier molecular flexibility index (Phi) is 6.12. The Balaban J connectivity index is 2.75. The Morgan fingerprint density at radius 2 is 1.67 bits per heavy atom. The van der Waals surface area contributed by atoms with Crippen molar-refractivity contribution in [1.29, 1.82) is 0 Å². The Morgan fingerprint density at radius 1 is 1.11 bits per heavy atom. The number of hydrogen-bond acceptors (Lipinski definition) is 1. The molecule has 0 fully saturated rings. The molecule has 0 radical (unpaired) electrons. The van der Waals surface area contributed by atoms with Crippen LogP contribution in [0.4, 0.5) is 0 Å². The molecule has 0 aromatic heterocycles. The lowest BCUT2D eigenvalue weighted by molar-refractivity contribution is 0.202. The van der Waals surface area contributed by atoms with Gasteiger partial charge >= 0.3 is 0 Å². The van der Waals surface area contributed by atoms with E-state index in [1.807, 2.05) is 0 Å². The maximum Gasteiger partial charge on any atom is 0.0130 e. The van der Waals surface area contributed by atoms with Crippen LogP contribution in [0.3, 0.4) is 0 Å². The Labute approximate surface area is 126 Å². The Hall–Kier alpha value is -0.0900. The zero-order valence-electron chi connectivity index (χ0n) is 12.3. The van der Waals surface area contributed by atoms with Gasteiger partial charge in [-0.1, -0.05) is 46.8 Å². The van der Waals surface area contributed by atoms with Gasteiger partial charge in [0, 0.05) is 16.2 Å². The highest BCUT2D eigenvalue weighted by molar-refractivity contribution is 14.1. The summed E-state index contributed by atoms with van der Waals surface area (Å²) in [5.74, 6) is 0.669. The van der Waals surface area contributed by atoms with Crippen LogP contribution in [0.2, 0.25) is 0 Å². The number of hydrogen-bond donors (Lipinski definition) is 1. The highest BCUT2D eigenvalue weighted by Crippen LogP contribution is 2.31. The van der Waals surface area contributed by atoms with Crippen molar-refractivity contribution in [2.24, 2.45) is 11.3 Å². The first-order valence-corrected chi connectivity index (χ1v) is 7.89. The minimum absolute atomic E-state index is 0.317. The minimum Gasteiger partial charge on any atom is -0.314 e. The van der Waals surface area contributed by atoms with Gasteiger partial charge < -0.3 is 5.32 Å². The van der Waals surface area contributed by atoms with Gasteiger partial charge in [-0.15, -0.1) is 0 Å². The largest absolute Gasteiger partial charge is 0.314 e. The number of nitrogens with one attached hydrogen (secondary N) is 1. The van der Waals surface area contributed by atoms with E-state index in [0.717, 1.165) is 13.0 Å². The third-order valence-electron chi connectivity index (χ3n) is 3.83. The second kappa shape index (κ2) is 6.90. The first kappa shape index (κ1) is 16.0. The molecule has 0 bridgehead atoms. The van der Waals surface area contributed by atoms with Crippen molar-refractivity contribution in [2.45, 2.75) is 47.1 Å². The predicted octanol–water partition coefficient (Wildman–Crippen LogP) is 4.49. The molecule has 0 saturated carbocycles. The fraction of sp³-hybridized carbons (Fsp3) is 0.625. The fourth-order valence-electron chi connectivity index (χ4n) is 1.98. The molecule has 1 atom stereocenters. The van der Waals surface area contributed by atoms with E-state index in [1.165, 1.54) is 9.13 Å². The van der Waals surface area contributed by atoms with Gasteiger partial charge in [0.25, 0.3) is 0 Å².